The molecule has 1 aromatic rings. The molecule has 0 saturated carbocycles. The van der Waals surface area contributed by atoms with E-state index in [1.54, 1.807) is 6.20 Å². The molecule has 3 rings (SSSR count). The van der Waals surface area contributed by atoms with Crippen LogP contribution in [0.15, 0.2) is 16.1 Å². The monoisotopic (exact) mass is 334 g/mol. The van der Waals surface area contributed by atoms with Crippen molar-refractivity contribution in [3.63, 3.8) is 0 Å². The Morgan fingerprint density at radius 3 is 2.88 bits per heavy atom. The molecule has 3 atom stereocenters. The van der Waals surface area contributed by atoms with Crippen LogP contribution in [-0.4, -0.2) is 46.5 Å². The number of aromatic nitrogens is 2. The summed E-state index contributed by atoms with van der Waals surface area (Å²) in [6.07, 6.45) is 4.36. The molecule has 0 bridgehead atoms. The minimum Gasteiger partial charge on any atom is -0.394 e. The molecule has 24 heavy (non-hydrogen) atoms. The van der Waals surface area contributed by atoms with Crippen molar-refractivity contribution in [3.8, 4) is 0 Å². The first-order chi connectivity index (χ1) is 11.6. The minimum atomic E-state index is -0.597. The number of hydrogen-bond donors (Lipinski definition) is 1. The van der Waals surface area contributed by atoms with Crippen molar-refractivity contribution < 1.29 is 9.84 Å². The van der Waals surface area contributed by atoms with E-state index in [-0.39, 0.29) is 12.3 Å². The van der Waals surface area contributed by atoms with Gasteiger partial charge in [-0.25, -0.2) is 4.79 Å². The number of azide groups is 1. The average molecular weight is 334 g/mol. The number of aryl methyl sites for hydroxylation is 1. The minimum absolute atomic E-state index is 0.257. The Balaban J connectivity index is 1.86. The summed E-state index contributed by atoms with van der Waals surface area (Å²) < 4.78 is 7.11. The maximum atomic E-state index is 12.5. The topological polar surface area (TPSA) is 116 Å². The van der Waals surface area contributed by atoms with Crippen molar-refractivity contribution in [2.45, 2.75) is 51.0 Å². The molecule has 0 radical (unpaired) electrons. The highest BCUT2D eigenvalue weighted by atomic mass is 16.5. The van der Waals surface area contributed by atoms with Gasteiger partial charge in [-0.3, -0.25) is 4.57 Å². The van der Waals surface area contributed by atoms with E-state index in [4.69, 9.17) is 10.3 Å². The largest absolute Gasteiger partial charge is 0.394 e. The fraction of sp³-hybridized carbons (Fsp3) is 0.733. The zero-order valence-electron chi connectivity index (χ0n) is 13.7. The first-order valence-corrected chi connectivity index (χ1v) is 8.29. The van der Waals surface area contributed by atoms with Gasteiger partial charge in [0, 0.05) is 36.2 Å². The summed E-state index contributed by atoms with van der Waals surface area (Å²) in [6, 6.07) is -0.487. The second-order valence-electron chi connectivity index (χ2n) is 6.30. The van der Waals surface area contributed by atoms with Gasteiger partial charge in [-0.2, -0.15) is 4.98 Å². The molecule has 9 heteroatoms. The lowest BCUT2D eigenvalue weighted by Crippen LogP contribution is -2.35. The molecule has 1 aromatic heterocycles. The van der Waals surface area contributed by atoms with Crippen LogP contribution in [0.25, 0.3) is 10.4 Å². The van der Waals surface area contributed by atoms with Crippen molar-refractivity contribution in [2.75, 3.05) is 24.6 Å². The van der Waals surface area contributed by atoms with Crippen LogP contribution in [-0.2, 0) is 4.74 Å². The fourth-order valence-electron chi connectivity index (χ4n) is 3.43. The summed E-state index contributed by atoms with van der Waals surface area (Å²) in [4.78, 5) is 21.6. The Labute approximate surface area is 139 Å². The van der Waals surface area contributed by atoms with Crippen LogP contribution in [0.1, 0.15) is 37.5 Å². The van der Waals surface area contributed by atoms with Gasteiger partial charge in [0.1, 0.15) is 12.0 Å². The smallest absolute Gasteiger partial charge is 0.351 e. The van der Waals surface area contributed by atoms with Crippen LogP contribution in [0.3, 0.4) is 0 Å². The van der Waals surface area contributed by atoms with Crippen LogP contribution in [0, 0.1) is 6.92 Å². The molecule has 2 aliphatic rings. The highest BCUT2D eigenvalue weighted by Crippen LogP contribution is 2.30. The lowest BCUT2D eigenvalue weighted by molar-refractivity contribution is -0.0270. The van der Waals surface area contributed by atoms with Gasteiger partial charge in [0.15, 0.2) is 0 Å². The lowest BCUT2D eigenvalue weighted by atomic mass is 10.1. The van der Waals surface area contributed by atoms with Gasteiger partial charge in [0.05, 0.1) is 18.8 Å². The summed E-state index contributed by atoms with van der Waals surface area (Å²) in [7, 11) is 0. The molecule has 0 spiro atoms. The predicted molar refractivity (Wildman–Crippen MR) is 87.8 cm³/mol. The predicted octanol–water partition coefficient (Wildman–Crippen LogP) is 1.50. The normalized spacial score (nSPS) is 27.1. The number of hydrogen-bond acceptors (Lipinski definition) is 6. The molecular formula is C15H22N6O3. The Morgan fingerprint density at radius 2 is 2.21 bits per heavy atom. The molecule has 2 saturated heterocycles. The molecule has 130 valence electrons. The van der Waals surface area contributed by atoms with Gasteiger partial charge in [0.2, 0.25) is 0 Å². The number of aliphatic hydroxyl groups is 1. The van der Waals surface area contributed by atoms with E-state index in [1.165, 1.54) is 11.0 Å². The van der Waals surface area contributed by atoms with E-state index in [0.717, 1.165) is 37.3 Å². The van der Waals surface area contributed by atoms with Gasteiger partial charge in [-0.15, -0.1) is 0 Å². The number of anilines is 1. The fourth-order valence-corrected chi connectivity index (χ4v) is 3.43. The zero-order valence-corrected chi connectivity index (χ0v) is 13.7. The molecule has 2 fully saturated rings. The van der Waals surface area contributed by atoms with Gasteiger partial charge in [0.25, 0.3) is 0 Å². The highest BCUT2D eigenvalue weighted by Gasteiger charge is 2.36. The molecule has 0 aromatic carbocycles. The Hall–Kier alpha value is -2.09. The Bertz CT molecular complexity index is 693. The third kappa shape index (κ3) is 3.24. The number of aliphatic hydroxyl groups excluding tert-OH is 1. The molecule has 9 nitrogen and oxygen atoms in total. The third-order valence-electron chi connectivity index (χ3n) is 4.66. The van der Waals surface area contributed by atoms with Crippen LogP contribution in [0.4, 0.5) is 5.82 Å². The molecule has 0 unspecified atom stereocenters. The summed E-state index contributed by atoms with van der Waals surface area (Å²) in [5, 5.41) is 13.0. The number of nitrogens with zero attached hydrogens (tertiary/aromatic N) is 6. The van der Waals surface area contributed by atoms with Crippen molar-refractivity contribution in [1.82, 2.24) is 9.55 Å². The van der Waals surface area contributed by atoms with E-state index >= 15 is 0 Å². The Morgan fingerprint density at radius 1 is 1.46 bits per heavy atom. The third-order valence-corrected chi connectivity index (χ3v) is 4.66. The van der Waals surface area contributed by atoms with E-state index in [2.05, 4.69) is 19.9 Å². The van der Waals surface area contributed by atoms with Crippen LogP contribution in [0.2, 0.25) is 0 Å². The van der Waals surface area contributed by atoms with Crippen LogP contribution in [0.5, 0.6) is 0 Å². The molecule has 0 amide bonds. The maximum Gasteiger partial charge on any atom is 0.351 e. The summed E-state index contributed by atoms with van der Waals surface area (Å²) in [6.45, 7) is 3.51. The van der Waals surface area contributed by atoms with E-state index < -0.39 is 18.4 Å². The first kappa shape index (κ1) is 16.8. The van der Waals surface area contributed by atoms with Crippen molar-refractivity contribution >= 4 is 5.82 Å². The molecule has 2 aliphatic heterocycles. The van der Waals surface area contributed by atoms with Crippen LogP contribution >= 0.6 is 0 Å². The summed E-state index contributed by atoms with van der Waals surface area (Å²) in [5.74, 6) is 0.735. The standard InChI is InChI=1S/C15H22N6O3/c1-10-8-21(13-7-11(18-19-16)12(9-22)24-13)15(23)17-14(10)20-5-3-2-4-6-20/h8,11-13,22H,2-7,9H2,1H3/t11-,12-,13-/m0/s1. The molecule has 0 aliphatic carbocycles. The quantitative estimate of drug-likeness (QED) is 0.509. The molecule has 1 N–H and O–H groups in total. The Kier molecular flexibility index (Phi) is 5.03. The van der Waals surface area contributed by atoms with Gasteiger partial charge >= 0.3 is 5.69 Å². The molecule has 3 heterocycles. The van der Waals surface area contributed by atoms with E-state index in [0.29, 0.717) is 6.42 Å². The number of piperidine rings is 1. The van der Waals surface area contributed by atoms with E-state index in [1.807, 2.05) is 6.92 Å². The van der Waals surface area contributed by atoms with Crippen molar-refractivity contribution in [1.29, 1.82) is 0 Å². The second kappa shape index (κ2) is 7.21. The van der Waals surface area contributed by atoms with Crippen molar-refractivity contribution in [2.24, 2.45) is 5.11 Å². The number of ether oxygens (including phenoxy) is 1. The summed E-state index contributed by atoms with van der Waals surface area (Å²) >= 11 is 0. The van der Waals surface area contributed by atoms with E-state index in [9.17, 15) is 9.90 Å². The maximum absolute atomic E-state index is 12.5. The van der Waals surface area contributed by atoms with Crippen LogP contribution < -0.4 is 10.6 Å². The second-order valence-corrected chi connectivity index (χ2v) is 6.30. The SMILES string of the molecule is Cc1cn([C@@H]2C[C@H](N=[N+]=[N-])[C@H](CO)O2)c(=O)nc1N1CCCCC1. The van der Waals surface area contributed by atoms with Gasteiger partial charge in [-0.1, -0.05) is 5.11 Å². The van der Waals surface area contributed by atoms with Gasteiger partial charge < -0.3 is 14.7 Å². The lowest BCUT2D eigenvalue weighted by Gasteiger charge is -2.29. The number of rotatable bonds is 4. The molecular weight excluding hydrogens is 312 g/mol. The summed E-state index contributed by atoms with van der Waals surface area (Å²) in [5.41, 5.74) is 9.14. The first-order valence-electron chi connectivity index (χ1n) is 8.29. The van der Waals surface area contributed by atoms with Crippen molar-refractivity contribution in [3.05, 3.63) is 32.7 Å². The highest BCUT2D eigenvalue weighted by molar-refractivity contribution is 5.45. The van der Waals surface area contributed by atoms with Gasteiger partial charge in [-0.05, 0) is 31.7 Å². The zero-order chi connectivity index (χ0) is 17.1. The average Bonchev–Trinajstić information content (AvgIpc) is 3.00.